The molecule has 2 heteroatoms. The summed E-state index contributed by atoms with van der Waals surface area (Å²) >= 11 is 3.55. The largest absolute Gasteiger partial charge is 0.378 e. The lowest BCUT2D eigenvalue weighted by atomic mass is 10.0. The Morgan fingerprint density at radius 1 is 1.10 bits per heavy atom. The van der Waals surface area contributed by atoms with Crippen molar-refractivity contribution in [3.63, 3.8) is 0 Å². The molecule has 2 aromatic carbocycles. The normalized spacial score (nSPS) is 12.2. The van der Waals surface area contributed by atoms with Crippen molar-refractivity contribution in [2.75, 3.05) is 5.32 Å². The summed E-state index contributed by atoms with van der Waals surface area (Å²) in [6, 6.07) is 15.7. The van der Waals surface area contributed by atoms with Crippen molar-refractivity contribution in [3.8, 4) is 0 Å². The van der Waals surface area contributed by atoms with Crippen molar-refractivity contribution in [3.05, 3.63) is 63.6 Å². The summed E-state index contributed by atoms with van der Waals surface area (Å²) in [5, 5.41) is 3.57. The summed E-state index contributed by atoms with van der Waals surface area (Å²) in [6.07, 6.45) is 3.70. The van der Waals surface area contributed by atoms with Crippen LogP contribution in [0, 0.1) is 6.92 Å². The van der Waals surface area contributed by atoms with E-state index in [-0.39, 0.29) is 0 Å². The molecule has 0 fully saturated rings. The third-order valence-electron chi connectivity index (χ3n) is 3.72. The number of rotatable bonds is 6. The number of halogens is 1. The standard InChI is InChI=1S/C19H24BrN/c1-4-5-6-16-7-9-17(10-8-16)15(3)21-19-12-14(2)11-18(20)13-19/h7-13,15,21H,4-6H2,1-3H3. The van der Waals surface area contributed by atoms with E-state index in [0.717, 1.165) is 10.2 Å². The first kappa shape index (κ1) is 16.1. The fraction of sp³-hybridized carbons (Fsp3) is 0.368. The van der Waals surface area contributed by atoms with Gasteiger partial charge in [-0.25, -0.2) is 0 Å². The van der Waals surface area contributed by atoms with Crippen LogP contribution >= 0.6 is 15.9 Å². The zero-order valence-electron chi connectivity index (χ0n) is 13.1. The topological polar surface area (TPSA) is 12.0 Å². The van der Waals surface area contributed by atoms with Gasteiger partial charge in [0.15, 0.2) is 0 Å². The summed E-state index contributed by atoms with van der Waals surface area (Å²) in [5.41, 5.74) is 5.18. The Hall–Kier alpha value is -1.28. The average Bonchev–Trinajstić information content (AvgIpc) is 2.44. The lowest BCUT2D eigenvalue weighted by molar-refractivity contribution is 0.793. The highest BCUT2D eigenvalue weighted by molar-refractivity contribution is 9.10. The van der Waals surface area contributed by atoms with E-state index >= 15 is 0 Å². The fourth-order valence-corrected chi connectivity index (χ4v) is 3.11. The molecule has 1 unspecified atom stereocenters. The van der Waals surface area contributed by atoms with Crippen LogP contribution in [0.4, 0.5) is 5.69 Å². The molecule has 112 valence electrons. The van der Waals surface area contributed by atoms with Gasteiger partial charge in [0.2, 0.25) is 0 Å². The Bertz CT molecular complexity index is 554. The molecule has 0 radical (unpaired) electrons. The van der Waals surface area contributed by atoms with Gasteiger partial charge in [0.1, 0.15) is 0 Å². The number of nitrogens with one attached hydrogen (secondary N) is 1. The summed E-state index contributed by atoms with van der Waals surface area (Å²) in [7, 11) is 0. The second-order valence-corrected chi connectivity index (χ2v) is 6.64. The Labute approximate surface area is 136 Å². The average molecular weight is 346 g/mol. The van der Waals surface area contributed by atoms with Gasteiger partial charge in [0, 0.05) is 16.2 Å². The van der Waals surface area contributed by atoms with Crippen LogP contribution in [-0.4, -0.2) is 0 Å². The van der Waals surface area contributed by atoms with E-state index in [1.54, 1.807) is 0 Å². The number of hydrogen-bond acceptors (Lipinski definition) is 1. The molecule has 0 aliphatic carbocycles. The first-order valence-electron chi connectivity index (χ1n) is 7.71. The molecule has 0 aliphatic rings. The monoisotopic (exact) mass is 345 g/mol. The second kappa shape index (κ2) is 7.65. The molecule has 0 amide bonds. The molecule has 1 atom stereocenters. The zero-order valence-corrected chi connectivity index (χ0v) is 14.7. The van der Waals surface area contributed by atoms with Crippen molar-refractivity contribution in [2.24, 2.45) is 0 Å². The predicted octanol–water partition coefficient (Wildman–Crippen LogP) is 6.27. The van der Waals surface area contributed by atoms with Crippen LogP contribution in [0.2, 0.25) is 0 Å². The molecule has 0 bridgehead atoms. The lowest BCUT2D eigenvalue weighted by Crippen LogP contribution is -2.06. The molecule has 0 heterocycles. The number of anilines is 1. The summed E-state index contributed by atoms with van der Waals surface area (Å²) in [5.74, 6) is 0. The van der Waals surface area contributed by atoms with Crippen LogP contribution in [0.15, 0.2) is 46.9 Å². The van der Waals surface area contributed by atoms with Gasteiger partial charge in [0.05, 0.1) is 0 Å². The highest BCUT2D eigenvalue weighted by Gasteiger charge is 2.06. The molecule has 0 spiro atoms. The lowest BCUT2D eigenvalue weighted by Gasteiger charge is -2.17. The van der Waals surface area contributed by atoms with E-state index in [1.807, 2.05) is 0 Å². The van der Waals surface area contributed by atoms with Crippen molar-refractivity contribution >= 4 is 21.6 Å². The quantitative estimate of drug-likeness (QED) is 0.650. The number of hydrogen-bond donors (Lipinski definition) is 1. The van der Waals surface area contributed by atoms with Gasteiger partial charge in [-0.15, -0.1) is 0 Å². The molecule has 0 aromatic heterocycles. The number of benzene rings is 2. The molecule has 2 aromatic rings. The maximum Gasteiger partial charge on any atom is 0.0485 e. The van der Waals surface area contributed by atoms with Gasteiger partial charge >= 0.3 is 0 Å². The van der Waals surface area contributed by atoms with E-state index in [4.69, 9.17) is 0 Å². The van der Waals surface area contributed by atoms with Crippen molar-refractivity contribution in [2.45, 2.75) is 46.1 Å². The summed E-state index contributed by atoms with van der Waals surface area (Å²) in [4.78, 5) is 0. The van der Waals surface area contributed by atoms with Gasteiger partial charge in [-0.2, -0.15) is 0 Å². The molecular weight excluding hydrogens is 322 g/mol. The maximum atomic E-state index is 3.57. The minimum absolute atomic E-state index is 0.305. The Kier molecular flexibility index (Phi) is 5.86. The van der Waals surface area contributed by atoms with E-state index in [9.17, 15) is 0 Å². The molecule has 1 N–H and O–H groups in total. The highest BCUT2D eigenvalue weighted by atomic mass is 79.9. The van der Waals surface area contributed by atoms with Gasteiger partial charge < -0.3 is 5.32 Å². The molecule has 2 rings (SSSR count). The first-order valence-corrected chi connectivity index (χ1v) is 8.50. The van der Waals surface area contributed by atoms with E-state index in [0.29, 0.717) is 6.04 Å². The van der Waals surface area contributed by atoms with E-state index < -0.39 is 0 Å². The molecule has 0 saturated heterocycles. The number of aryl methyl sites for hydroxylation is 2. The van der Waals surface area contributed by atoms with Crippen molar-refractivity contribution < 1.29 is 0 Å². The van der Waals surface area contributed by atoms with Gasteiger partial charge in [0.25, 0.3) is 0 Å². The van der Waals surface area contributed by atoms with Crippen LogP contribution < -0.4 is 5.32 Å². The second-order valence-electron chi connectivity index (χ2n) is 5.73. The first-order chi connectivity index (χ1) is 10.1. The minimum atomic E-state index is 0.305. The third-order valence-corrected chi connectivity index (χ3v) is 4.18. The van der Waals surface area contributed by atoms with Gasteiger partial charge in [-0.1, -0.05) is 53.5 Å². The van der Waals surface area contributed by atoms with Gasteiger partial charge in [-0.05, 0) is 61.6 Å². The molecular formula is C19H24BrN. The van der Waals surface area contributed by atoms with E-state index in [1.165, 1.54) is 36.0 Å². The van der Waals surface area contributed by atoms with Gasteiger partial charge in [-0.3, -0.25) is 0 Å². The van der Waals surface area contributed by atoms with Crippen LogP contribution in [0.3, 0.4) is 0 Å². The summed E-state index contributed by atoms with van der Waals surface area (Å²) < 4.78 is 1.12. The fourth-order valence-electron chi connectivity index (χ4n) is 2.51. The summed E-state index contributed by atoms with van der Waals surface area (Å²) in [6.45, 7) is 6.56. The van der Waals surface area contributed by atoms with Crippen molar-refractivity contribution in [1.29, 1.82) is 0 Å². The molecule has 0 aliphatic heterocycles. The minimum Gasteiger partial charge on any atom is -0.378 e. The van der Waals surface area contributed by atoms with Crippen LogP contribution in [0.1, 0.15) is 49.4 Å². The molecule has 0 saturated carbocycles. The smallest absolute Gasteiger partial charge is 0.0485 e. The highest BCUT2D eigenvalue weighted by Crippen LogP contribution is 2.24. The zero-order chi connectivity index (χ0) is 15.2. The Balaban J connectivity index is 2.04. The van der Waals surface area contributed by atoms with Crippen LogP contribution in [-0.2, 0) is 6.42 Å². The number of unbranched alkanes of at least 4 members (excludes halogenated alkanes) is 1. The predicted molar refractivity (Wildman–Crippen MR) is 96.0 cm³/mol. The van der Waals surface area contributed by atoms with Crippen molar-refractivity contribution in [1.82, 2.24) is 0 Å². The Morgan fingerprint density at radius 2 is 1.81 bits per heavy atom. The SMILES string of the molecule is CCCCc1ccc(C(C)Nc2cc(C)cc(Br)c2)cc1. The Morgan fingerprint density at radius 3 is 2.43 bits per heavy atom. The molecule has 21 heavy (non-hydrogen) atoms. The maximum absolute atomic E-state index is 3.57. The van der Waals surface area contributed by atoms with Crippen LogP contribution in [0.25, 0.3) is 0 Å². The molecule has 1 nitrogen and oxygen atoms in total. The third kappa shape index (κ3) is 4.89. The van der Waals surface area contributed by atoms with E-state index in [2.05, 4.69) is 84.5 Å². The van der Waals surface area contributed by atoms with Crippen LogP contribution in [0.5, 0.6) is 0 Å².